The zero-order valence-corrected chi connectivity index (χ0v) is 20.6. The van der Waals surface area contributed by atoms with Crippen molar-refractivity contribution >= 4 is 23.2 Å². The third-order valence-electron chi connectivity index (χ3n) is 7.82. The maximum absolute atomic E-state index is 13.1. The van der Waals surface area contributed by atoms with Gasteiger partial charge in [0.2, 0.25) is 5.91 Å². The molecule has 6 rings (SSSR count). The van der Waals surface area contributed by atoms with Gasteiger partial charge in [-0.3, -0.25) is 14.5 Å². The number of anilines is 2. The predicted molar refractivity (Wildman–Crippen MR) is 142 cm³/mol. The fraction of sp³-hybridized carbons (Fsp3) is 0.333. The van der Waals surface area contributed by atoms with Crippen LogP contribution in [0.1, 0.15) is 27.0 Å². The van der Waals surface area contributed by atoms with Crippen LogP contribution in [-0.4, -0.2) is 67.4 Å². The average molecular weight is 481 g/mol. The van der Waals surface area contributed by atoms with E-state index in [1.807, 2.05) is 40.1 Å². The van der Waals surface area contributed by atoms with Crippen molar-refractivity contribution in [1.82, 2.24) is 9.80 Å². The Balaban J connectivity index is 1.02. The standard InChI is InChI=1S/C30H32N4O2/c35-29(34-16-14-24-6-3-4-8-28(24)34)22-31-17-19-32(20-18-31)30(36)25-9-11-27(12-10-25)33-15-13-23-5-1-2-7-26(23)21-33/h1-12H,13-22H2. The van der Waals surface area contributed by atoms with Gasteiger partial charge < -0.3 is 14.7 Å². The first kappa shape index (κ1) is 22.8. The molecule has 0 unspecified atom stereocenters. The highest BCUT2D eigenvalue weighted by Gasteiger charge is 2.28. The van der Waals surface area contributed by atoms with E-state index in [1.54, 1.807) is 0 Å². The summed E-state index contributed by atoms with van der Waals surface area (Å²) < 4.78 is 0. The van der Waals surface area contributed by atoms with E-state index >= 15 is 0 Å². The maximum Gasteiger partial charge on any atom is 0.253 e. The minimum atomic E-state index is 0.0741. The number of para-hydroxylation sites is 1. The zero-order chi connectivity index (χ0) is 24.5. The molecule has 0 bridgehead atoms. The van der Waals surface area contributed by atoms with Crippen LogP contribution in [0.25, 0.3) is 0 Å². The van der Waals surface area contributed by atoms with Crippen molar-refractivity contribution in [2.45, 2.75) is 19.4 Å². The molecule has 3 aromatic rings. The first-order chi connectivity index (χ1) is 17.7. The van der Waals surface area contributed by atoms with Gasteiger partial charge in [-0.25, -0.2) is 0 Å². The molecule has 0 aliphatic carbocycles. The lowest BCUT2D eigenvalue weighted by molar-refractivity contribution is -0.120. The van der Waals surface area contributed by atoms with Gasteiger partial charge in [0, 0.05) is 62.8 Å². The molecule has 6 nitrogen and oxygen atoms in total. The van der Waals surface area contributed by atoms with Crippen LogP contribution in [0.15, 0.2) is 72.8 Å². The average Bonchev–Trinajstić information content (AvgIpc) is 3.37. The quantitative estimate of drug-likeness (QED) is 0.573. The largest absolute Gasteiger partial charge is 0.367 e. The van der Waals surface area contributed by atoms with E-state index in [0.717, 1.165) is 62.5 Å². The molecule has 0 N–H and O–H groups in total. The van der Waals surface area contributed by atoms with Crippen LogP contribution in [0.2, 0.25) is 0 Å². The zero-order valence-electron chi connectivity index (χ0n) is 20.6. The summed E-state index contributed by atoms with van der Waals surface area (Å²) in [5, 5.41) is 0. The van der Waals surface area contributed by atoms with E-state index in [0.29, 0.717) is 19.6 Å². The number of hydrogen-bond donors (Lipinski definition) is 0. The summed E-state index contributed by atoms with van der Waals surface area (Å²) in [4.78, 5) is 34.5. The normalized spacial score (nSPS) is 17.6. The molecule has 184 valence electrons. The Morgan fingerprint density at radius 1 is 0.667 bits per heavy atom. The van der Waals surface area contributed by atoms with Crippen LogP contribution in [0.4, 0.5) is 11.4 Å². The summed E-state index contributed by atoms with van der Waals surface area (Å²) in [5.74, 6) is 0.223. The second-order valence-electron chi connectivity index (χ2n) is 9.98. The predicted octanol–water partition coefficient (Wildman–Crippen LogP) is 3.60. The smallest absolute Gasteiger partial charge is 0.253 e. The molecule has 0 spiro atoms. The molecule has 3 heterocycles. The highest BCUT2D eigenvalue weighted by Crippen LogP contribution is 2.28. The molecule has 0 aromatic heterocycles. The molecule has 6 heteroatoms. The van der Waals surface area contributed by atoms with Gasteiger partial charge in [0.05, 0.1) is 6.54 Å². The maximum atomic E-state index is 13.1. The summed E-state index contributed by atoms with van der Waals surface area (Å²) >= 11 is 0. The van der Waals surface area contributed by atoms with Crippen LogP contribution in [-0.2, 0) is 24.2 Å². The van der Waals surface area contributed by atoms with E-state index in [-0.39, 0.29) is 11.8 Å². The van der Waals surface area contributed by atoms with E-state index in [9.17, 15) is 9.59 Å². The molecule has 0 radical (unpaired) electrons. The Bertz CT molecular complexity index is 1260. The van der Waals surface area contributed by atoms with Crippen molar-refractivity contribution in [3.63, 3.8) is 0 Å². The summed E-state index contributed by atoms with van der Waals surface area (Å²) in [7, 11) is 0. The molecule has 2 amide bonds. The molecule has 3 aliphatic heterocycles. The lowest BCUT2D eigenvalue weighted by atomic mass is 9.99. The number of benzene rings is 3. The summed E-state index contributed by atoms with van der Waals surface area (Å²) in [6.45, 7) is 5.80. The van der Waals surface area contributed by atoms with E-state index in [1.165, 1.54) is 16.7 Å². The van der Waals surface area contributed by atoms with Crippen molar-refractivity contribution in [3.8, 4) is 0 Å². The number of carbonyl (C=O) groups excluding carboxylic acids is 2. The van der Waals surface area contributed by atoms with Gasteiger partial charge in [-0.05, 0) is 59.9 Å². The van der Waals surface area contributed by atoms with Gasteiger partial charge in [0.1, 0.15) is 0 Å². The number of carbonyl (C=O) groups is 2. The van der Waals surface area contributed by atoms with Crippen molar-refractivity contribution < 1.29 is 9.59 Å². The highest BCUT2D eigenvalue weighted by molar-refractivity contribution is 5.97. The summed E-state index contributed by atoms with van der Waals surface area (Å²) in [5.41, 5.74) is 7.01. The van der Waals surface area contributed by atoms with Crippen LogP contribution >= 0.6 is 0 Å². The Morgan fingerprint density at radius 2 is 1.33 bits per heavy atom. The van der Waals surface area contributed by atoms with Gasteiger partial charge in [-0.15, -0.1) is 0 Å². The third kappa shape index (κ3) is 4.49. The lowest BCUT2D eigenvalue weighted by Gasteiger charge is -2.35. The first-order valence-corrected chi connectivity index (χ1v) is 13.0. The fourth-order valence-electron chi connectivity index (χ4n) is 5.70. The van der Waals surface area contributed by atoms with Crippen LogP contribution < -0.4 is 9.80 Å². The van der Waals surface area contributed by atoms with E-state index in [4.69, 9.17) is 0 Å². The molecule has 0 atom stereocenters. The number of hydrogen-bond acceptors (Lipinski definition) is 4. The Hall–Kier alpha value is -3.64. The minimum Gasteiger partial charge on any atom is -0.367 e. The number of rotatable bonds is 4. The number of amides is 2. The van der Waals surface area contributed by atoms with Gasteiger partial charge in [0.15, 0.2) is 0 Å². The molecule has 1 saturated heterocycles. The van der Waals surface area contributed by atoms with Crippen molar-refractivity contribution in [1.29, 1.82) is 0 Å². The Labute approximate surface area is 212 Å². The van der Waals surface area contributed by atoms with E-state index < -0.39 is 0 Å². The molecule has 1 fully saturated rings. The topological polar surface area (TPSA) is 47.1 Å². The molecular weight excluding hydrogens is 448 g/mol. The molecule has 3 aliphatic rings. The number of nitrogens with zero attached hydrogens (tertiary/aromatic N) is 4. The first-order valence-electron chi connectivity index (χ1n) is 13.0. The van der Waals surface area contributed by atoms with Crippen LogP contribution in [0, 0.1) is 0 Å². The highest BCUT2D eigenvalue weighted by atomic mass is 16.2. The van der Waals surface area contributed by atoms with Crippen molar-refractivity contribution in [3.05, 3.63) is 95.1 Å². The summed E-state index contributed by atoms with van der Waals surface area (Å²) in [6, 6.07) is 24.9. The molecule has 3 aromatic carbocycles. The lowest BCUT2D eigenvalue weighted by Crippen LogP contribution is -2.51. The monoisotopic (exact) mass is 480 g/mol. The van der Waals surface area contributed by atoms with Crippen LogP contribution in [0.3, 0.4) is 0 Å². The second-order valence-corrected chi connectivity index (χ2v) is 9.98. The second kappa shape index (κ2) is 9.78. The van der Waals surface area contributed by atoms with Gasteiger partial charge >= 0.3 is 0 Å². The van der Waals surface area contributed by atoms with Crippen molar-refractivity contribution in [2.75, 3.05) is 55.6 Å². The fourth-order valence-corrected chi connectivity index (χ4v) is 5.70. The van der Waals surface area contributed by atoms with Crippen molar-refractivity contribution in [2.24, 2.45) is 0 Å². The number of piperazine rings is 1. The third-order valence-corrected chi connectivity index (χ3v) is 7.82. The van der Waals surface area contributed by atoms with Gasteiger partial charge in [-0.1, -0.05) is 42.5 Å². The van der Waals surface area contributed by atoms with Crippen LogP contribution in [0.5, 0.6) is 0 Å². The SMILES string of the molecule is O=C(c1ccc(N2CCc3ccccc3C2)cc1)N1CCN(CC(=O)N2CCc3ccccc32)CC1. The molecule has 36 heavy (non-hydrogen) atoms. The summed E-state index contributed by atoms with van der Waals surface area (Å²) in [6.07, 6.45) is 1.97. The van der Waals surface area contributed by atoms with Gasteiger partial charge in [0.25, 0.3) is 5.91 Å². The minimum absolute atomic E-state index is 0.0741. The Kier molecular flexibility index (Phi) is 6.20. The number of fused-ring (bicyclic) bond motifs is 2. The van der Waals surface area contributed by atoms with Gasteiger partial charge in [-0.2, -0.15) is 0 Å². The van der Waals surface area contributed by atoms with E-state index in [2.05, 4.69) is 52.3 Å². The molecule has 0 saturated carbocycles. The molecular formula is C30H32N4O2. The Morgan fingerprint density at radius 3 is 2.11 bits per heavy atom.